The van der Waals surface area contributed by atoms with Crippen molar-refractivity contribution < 1.29 is 19.2 Å². The number of likely N-dealkylation sites (tertiary alicyclic amines) is 1. The molecule has 0 N–H and O–H groups in total. The standard InChI is InChI=1S/C18H26N2O4/c1-4-8-15-11-12-16(17(21)19(2)23-3)20(15)18(22)24-13-14-9-6-5-7-10-14/h5-7,9-10,15-16H,4,8,11-13H2,1-3H3/t15-,16+/m1/s1. The largest absolute Gasteiger partial charge is 0.445 e. The predicted octanol–water partition coefficient (Wildman–Crippen LogP) is 2.98. The third-order valence-electron chi connectivity index (χ3n) is 4.41. The van der Waals surface area contributed by atoms with Crippen molar-refractivity contribution in [2.45, 2.75) is 51.3 Å². The van der Waals surface area contributed by atoms with Crippen LogP contribution in [-0.2, 0) is 21.0 Å². The van der Waals surface area contributed by atoms with Crippen LogP contribution < -0.4 is 0 Å². The van der Waals surface area contributed by atoms with Crippen molar-refractivity contribution >= 4 is 12.0 Å². The minimum atomic E-state index is -0.519. The number of likely N-dealkylation sites (N-methyl/N-ethyl adjacent to an activating group) is 1. The molecule has 1 aliphatic rings. The van der Waals surface area contributed by atoms with E-state index >= 15 is 0 Å². The Morgan fingerprint density at radius 3 is 2.58 bits per heavy atom. The molecule has 1 aromatic rings. The van der Waals surface area contributed by atoms with E-state index in [-0.39, 0.29) is 18.6 Å². The van der Waals surface area contributed by atoms with Crippen molar-refractivity contribution in [1.82, 2.24) is 9.96 Å². The van der Waals surface area contributed by atoms with Crippen molar-refractivity contribution in [3.8, 4) is 0 Å². The summed E-state index contributed by atoms with van der Waals surface area (Å²) in [6.07, 6.45) is 2.83. The van der Waals surface area contributed by atoms with Crippen LogP contribution in [0.2, 0.25) is 0 Å². The lowest BCUT2D eigenvalue weighted by Gasteiger charge is -2.30. The molecule has 0 bridgehead atoms. The Balaban J connectivity index is 2.07. The second kappa shape index (κ2) is 8.68. The number of carbonyl (C=O) groups excluding carboxylic acids is 2. The maximum Gasteiger partial charge on any atom is 0.411 e. The molecule has 2 amide bonds. The van der Waals surface area contributed by atoms with E-state index in [4.69, 9.17) is 9.57 Å². The fourth-order valence-corrected chi connectivity index (χ4v) is 3.11. The Bertz CT molecular complexity index is 549. The van der Waals surface area contributed by atoms with Crippen LogP contribution in [0.1, 0.15) is 38.2 Å². The quantitative estimate of drug-likeness (QED) is 0.751. The zero-order valence-corrected chi connectivity index (χ0v) is 14.6. The molecule has 24 heavy (non-hydrogen) atoms. The van der Waals surface area contributed by atoms with Crippen LogP contribution in [0, 0.1) is 0 Å². The molecular weight excluding hydrogens is 308 g/mol. The smallest absolute Gasteiger partial charge is 0.411 e. The molecule has 0 saturated carbocycles. The first-order valence-electron chi connectivity index (χ1n) is 8.39. The summed E-state index contributed by atoms with van der Waals surface area (Å²) in [6, 6.07) is 9.05. The fourth-order valence-electron chi connectivity index (χ4n) is 3.11. The summed E-state index contributed by atoms with van der Waals surface area (Å²) in [5, 5.41) is 1.18. The number of hydroxylamine groups is 2. The van der Waals surface area contributed by atoms with Crippen molar-refractivity contribution in [3.63, 3.8) is 0 Å². The fraction of sp³-hybridized carbons (Fsp3) is 0.556. The van der Waals surface area contributed by atoms with Crippen LogP contribution >= 0.6 is 0 Å². The predicted molar refractivity (Wildman–Crippen MR) is 90.0 cm³/mol. The molecule has 6 heteroatoms. The van der Waals surface area contributed by atoms with Gasteiger partial charge in [0.15, 0.2) is 0 Å². The van der Waals surface area contributed by atoms with E-state index in [2.05, 4.69) is 6.92 Å². The van der Waals surface area contributed by atoms with Crippen molar-refractivity contribution in [3.05, 3.63) is 35.9 Å². The first-order valence-corrected chi connectivity index (χ1v) is 8.39. The minimum Gasteiger partial charge on any atom is -0.445 e. The average molecular weight is 334 g/mol. The number of hydrogen-bond acceptors (Lipinski definition) is 4. The van der Waals surface area contributed by atoms with Gasteiger partial charge in [0.2, 0.25) is 0 Å². The second-order valence-electron chi connectivity index (χ2n) is 6.00. The number of nitrogens with zero attached hydrogens (tertiary/aromatic N) is 2. The van der Waals surface area contributed by atoms with E-state index in [9.17, 15) is 9.59 Å². The maximum absolute atomic E-state index is 12.6. The topological polar surface area (TPSA) is 59.1 Å². The molecule has 1 fully saturated rings. The first kappa shape index (κ1) is 18.3. The van der Waals surface area contributed by atoms with Gasteiger partial charge in [-0.15, -0.1) is 0 Å². The highest BCUT2D eigenvalue weighted by atomic mass is 16.7. The molecule has 0 radical (unpaired) electrons. The van der Waals surface area contributed by atoms with Crippen LogP contribution in [-0.4, -0.2) is 48.2 Å². The van der Waals surface area contributed by atoms with Crippen LogP contribution in [0.15, 0.2) is 30.3 Å². The van der Waals surface area contributed by atoms with E-state index in [0.717, 1.165) is 24.8 Å². The van der Waals surface area contributed by atoms with Gasteiger partial charge in [0, 0.05) is 13.1 Å². The van der Waals surface area contributed by atoms with Gasteiger partial charge < -0.3 is 4.74 Å². The summed E-state index contributed by atoms with van der Waals surface area (Å²) in [4.78, 5) is 31.7. The van der Waals surface area contributed by atoms with E-state index in [0.29, 0.717) is 6.42 Å². The van der Waals surface area contributed by atoms with Gasteiger partial charge in [-0.3, -0.25) is 14.5 Å². The molecule has 0 aliphatic carbocycles. The number of rotatable bonds is 6. The monoisotopic (exact) mass is 334 g/mol. The molecule has 1 heterocycles. The lowest BCUT2D eigenvalue weighted by molar-refractivity contribution is -0.173. The highest BCUT2D eigenvalue weighted by Gasteiger charge is 2.42. The first-order chi connectivity index (χ1) is 11.6. The van der Waals surface area contributed by atoms with Gasteiger partial charge in [-0.2, -0.15) is 0 Å². The molecular formula is C18H26N2O4. The summed E-state index contributed by atoms with van der Waals surface area (Å²) < 4.78 is 5.46. The number of carbonyl (C=O) groups is 2. The number of hydrogen-bond donors (Lipinski definition) is 0. The van der Waals surface area contributed by atoms with Gasteiger partial charge in [-0.1, -0.05) is 43.7 Å². The summed E-state index contributed by atoms with van der Waals surface area (Å²) in [6.45, 7) is 2.28. The van der Waals surface area contributed by atoms with Gasteiger partial charge >= 0.3 is 6.09 Å². The van der Waals surface area contributed by atoms with Crippen LogP contribution in [0.25, 0.3) is 0 Å². The van der Waals surface area contributed by atoms with Crippen LogP contribution in [0.4, 0.5) is 4.79 Å². The molecule has 0 unspecified atom stereocenters. The van der Waals surface area contributed by atoms with E-state index in [1.54, 1.807) is 11.9 Å². The third-order valence-corrected chi connectivity index (χ3v) is 4.41. The summed E-state index contributed by atoms with van der Waals surface area (Å²) in [5.41, 5.74) is 0.925. The molecule has 2 rings (SSSR count). The van der Waals surface area contributed by atoms with Crippen molar-refractivity contribution in [2.24, 2.45) is 0 Å². The Hall–Kier alpha value is -2.08. The zero-order valence-electron chi connectivity index (χ0n) is 14.6. The molecule has 132 valence electrons. The molecule has 1 aliphatic heterocycles. The highest BCUT2D eigenvalue weighted by molar-refractivity contribution is 5.85. The Labute approximate surface area is 143 Å². The second-order valence-corrected chi connectivity index (χ2v) is 6.00. The van der Waals surface area contributed by atoms with Crippen molar-refractivity contribution in [1.29, 1.82) is 0 Å². The number of amides is 2. The molecule has 0 spiro atoms. The van der Waals surface area contributed by atoms with Gasteiger partial charge in [-0.05, 0) is 24.8 Å². The SMILES string of the molecule is CCC[C@@H]1CC[C@@H](C(=O)N(C)OC)N1C(=O)OCc1ccccc1. The Morgan fingerprint density at radius 1 is 1.25 bits per heavy atom. The number of benzene rings is 1. The average Bonchev–Trinajstić information content (AvgIpc) is 3.03. The molecule has 1 saturated heterocycles. The minimum absolute atomic E-state index is 0.0393. The summed E-state index contributed by atoms with van der Waals surface area (Å²) in [7, 11) is 3.00. The molecule has 2 atom stereocenters. The third kappa shape index (κ3) is 4.26. The zero-order chi connectivity index (χ0) is 17.5. The maximum atomic E-state index is 12.6. The van der Waals surface area contributed by atoms with Gasteiger partial charge in [0.25, 0.3) is 5.91 Å². The lowest BCUT2D eigenvalue weighted by atomic mass is 10.1. The molecule has 0 aromatic heterocycles. The van der Waals surface area contributed by atoms with Crippen LogP contribution in [0.3, 0.4) is 0 Å². The molecule has 1 aromatic carbocycles. The summed E-state index contributed by atoms with van der Waals surface area (Å²) in [5.74, 6) is -0.215. The van der Waals surface area contributed by atoms with Crippen molar-refractivity contribution in [2.75, 3.05) is 14.2 Å². The van der Waals surface area contributed by atoms with Gasteiger partial charge in [-0.25, -0.2) is 9.86 Å². The van der Waals surface area contributed by atoms with Gasteiger partial charge in [0.05, 0.1) is 7.11 Å². The number of ether oxygens (including phenoxy) is 1. The van der Waals surface area contributed by atoms with Gasteiger partial charge in [0.1, 0.15) is 12.6 Å². The Morgan fingerprint density at radius 2 is 1.96 bits per heavy atom. The molecule has 6 nitrogen and oxygen atoms in total. The highest BCUT2D eigenvalue weighted by Crippen LogP contribution is 2.29. The van der Waals surface area contributed by atoms with E-state index in [1.165, 1.54) is 12.2 Å². The van der Waals surface area contributed by atoms with E-state index < -0.39 is 12.1 Å². The van der Waals surface area contributed by atoms with E-state index in [1.807, 2.05) is 30.3 Å². The summed E-state index contributed by atoms with van der Waals surface area (Å²) >= 11 is 0. The lowest BCUT2D eigenvalue weighted by Crippen LogP contribution is -2.49. The van der Waals surface area contributed by atoms with Crippen LogP contribution in [0.5, 0.6) is 0 Å². The Kier molecular flexibility index (Phi) is 6.61. The normalized spacial score (nSPS) is 20.0.